The maximum absolute atomic E-state index is 13.6. The van der Waals surface area contributed by atoms with Crippen LogP contribution in [-0.4, -0.2) is 34.6 Å². The highest BCUT2D eigenvalue weighted by Crippen LogP contribution is 2.58. The highest BCUT2D eigenvalue weighted by Gasteiger charge is 2.56. The van der Waals surface area contributed by atoms with Crippen LogP contribution in [0.2, 0.25) is 0 Å². The number of hydrogen-bond donors (Lipinski definition) is 2. The van der Waals surface area contributed by atoms with E-state index in [9.17, 15) is 19.5 Å². The Morgan fingerprint density at radius 1 is 0.933 bits per heavy atom. The third-order valence-electron chi connectivity index (χ3n) is 8.66. The van der Waals surface area contributed by atoms with Crippen molar-refractivity contribution in [3.8, 4) is 0 Å². The lowest BCUT2D eigenvalue weighted by atomic mass is 9.54. The number of ether oxygens (including phenoxy) is 1. The Morgan fingerprint density at radius 3 is 1.90 bits per heavy atom. The van der Waals surface area contributed by atoms with Crippen LogP contribution in [0.3, 0.4) is 0 Å². The summed E-state index contributed by atoms with van der Waals surface area (Å²) in [6.07, 6.45) is 9.27. The van der Waals surface area contributed by atoms with Gasteiger partial charge < -0.3 is 15.2 Å². The molecule has 5 aliphatic rings. The average Bonchev–Trinajstić information content (AvgIpc) is 3.05. The summed E-state index contributed by atoms with van der Waals surface area (Å²) in [7, 11) is 0. The first-order chi connectivity index (χ1) is 14.2. The van der Waals surface area contributed by atoms with Crippen molar-refractivity contribution in [1.82, 2.24) is 5.32 Å². The molecule has 30 heavy (non-hydrogen) atoms. The lowest BCUT2D eigenvalue weighted by Crippen LogP contribution is -2.54. The summed E-state index contributed by atoms with van der Waals surface area (Å²) < 4.78 is 6.36. The molecule has 5 fully saturated rings. The van der Waals surface area contributed by atoms with E-state index in [1.165, 1.54) is 26.2 Å². The lowest BCUT2D eigenvalue weighted by molar-refractivity contribution is -0.194. The summed E-state index contributed by atoms with van der Waals surface area (Å²) in [6.45, 7) is 5.59. The molecule has 0 aromatic carbocycles. The van der Waals surface area contributed by atoms with Gasteiger partial charge in [0.1, 0.15) is 11.6 Å². The molecular weight excluding hydrogens is 382 g/mol. The van der Waals surface area contributed by atoms with Crippen LogP contribution in [0.15, 0.2) is 0 Å². The number of carboxylic acid groups (broad SMARTS) is 1. The second-order valence-electron chi connectivity index (χ2n) is 10.7. The molecule has 5 atom stereocenters. The normalized spacial score (nSPS) is 42.7. The third-order valence-corrected chi connectivity index (χ3v) is 8.66. The third kappa shape index (κ3) is 3.87. The summed E-state index contributed by atoms with van der Waals surface area (Å²) in [5.41, 5.74) is -0.316. The number of nitrogens with one attached hydrogen (secondary N) is 1. The fourth-order valence-electron chi connectivity index (χ4n) is 7.63. The molecule has 5 rings (SSSR count). The number of carbonyl (C=O) groups excluding carboxylic acids is 2. The second kappa shape index (κ2) is 8.16. The van der Waals surface area contributed by atoms with Crippen LogP contribution >= 0.6 is 0 Å². The van der Waals surface area contributed by atoms with Crippen LogP contribution in [0.5, 0.6) is 0 Å². The molecule has 0 aliphatic heterocycles. The van der Waals surface area contributed by atoms with Gasteiger partial charge in [0, 0.05) is 0 Å². The minimum Gasteiger partial charge on any atom is -0.480 e. The summed E-state index contributed by atoms with van der Waals surface area (Å²) in [5.74, 6) is -0.262. The van der Waals surface area contributed by atoms with Gasteiger partial charge in [0.2, 0.25) is 5.91 Å². The molecule has 1 amide bonds. The van der Waals surface area contributed by atoms with E-state index in [1.807, 2.05) is 6.92 Å². The molecule has 0 aromatic rings. The van der Waals surface area contributed by atoms with Gasteiger partial charge in [-0.25, -0.2) is 0 Å². The highest BCUT2D eigenvalue weighted by atomic mass is 16.6. The second-order valence-corrected chi connectivity index (χ2v) is 10.7. The van der Waals surface area contributed by atoms with Crippen molar-refractivity contribution in [2.75, 3.05) is 0 Å². The van der Waals surface area contributed by atoms with Crippen LogP contribution in [-0.2, 0) is 19.1 Å². The molecule has 5 unspecified atom stereocenters. The Kier molecular flexibility index (Phi) is 5.88. The van der Waals surface area contributed by atoms with Gasteiger partial charge in [-0.1, -0.05) is 26.7 Å². The van der Waals surface area contributed by atoms with E-state index in [0.29, 0.717) is 17.8 Å². The van der Waals surface area contributed by atoms with Gasteiger partial charge in [-0.2, -0.15) is 0 Å². The smallest absolute Gasteiger partial charge is 0.325 e. The first-order valence-corrected chi connectivity index (χ1v) is 12.0. The Bertz CT molecular complexity index is 668. The predicted octanol–water partition coefficient (Wildman–Crippen LogP) is 3.78. The van der Waals surface area contributed by atoms with E-state index in [-0.39, 0.29) is 29.3 Å². The van der Waals surface area contributed by atoms with Crippen LogP contribution in [0.4, 0.5) is 0 Å². The van der Waals surface area contributed by atoms with Crippen molar-refractivity contribution >= 4 is 17.8 Å². The maximum Gasteiger partial charge on any atom is 0.325 e. The summed E-state index contributed by atoms with van der Waals surface area (Å²) in [5, 5.41) is 11.8. The molecule has 6 nitrogen and oxygen atoms in total. The number of carbonyl (C=O) groups is 3. The molecular formula is C24H37NO5. The highest BCUT2D eigenvalue weighted by molar-refractivity contribution is 5.89. The van der Waals surface area contributed by atoms with Crippen molar-refractivity contribution in [1.29, 1.82) is 0 Å². The number of rotatable bonds is 7. The largest absolute Gasteiger partial charge is 0.480 e. The van der Waals surface area contributed by atoms with Crippen LogP contribution < -0.4 is 5.32 Å². The van der Waals surface area contributed by atoms with Gasteiger partial charge >= 0.3 is 11.9 Å². The molecule has 0 spiro atoms. The van der Waals surface area contributed by atoms with E-state index in [1.54, 1.807) is 0 Å². The number of esters is 1. The Morgan fingerprint density at radius 2 is 1.43 bits per heavy atom. The van der Waals surface area contributed by atoms with Crippen molar-refractivity contribution in [2.45, 2.75) is 90.2 Å². The molecule has 168 valence electrons. The average molecular weight is 420 g/mol. The first-order valence-electron chi connectivity index (χ1n) is 12.0. The monoisotopic (exact) mass is 419 g/mol. The van der Waals surface area contributed by atoms with Crippen LogP contribution in [0, 0.1) is 41.4 Å². The lowest BCUT2D eigenvalue weighted by Gasteiger charge is -2.56. The van der Waals surface area contributed by atoms with Gasteiger partial charge in [0.05, 0.1) is 11.8 Å². The van der Waals surface area contributed by atoms with Crippen molar-refractivity contribution < 1.29 is 24.2 Å². The SMILES string of the molecule is CCC1CC(CC)C(C(=O)OC23CC4CC(CC(C4)C2)C3)C1C(=O)NC(C)C(=O)O. The molecule has 0 saturated heterocycles. The van der Waals surface area contributed by atoms with Crippen molar-refractivity contribution in [3.05, 3.63) is 0 Å². The predicted molar refractivity (Wildman–Crippen MR) is 111 cm³/mol. The van der Waals surface area contributed by atoms with E-state index < -0.39 is 23.8 Å². The Balaban J connectivity index is 1.53. The summed E-state index contributed by atoms with van der Waals surface area (Å²) >= 11 is 0. The number of hydrogen-bond acceptors (Lipinski definition) is 4. The molecule has 0 aromatic heterocycles. The van der Waals surface area contributed by atoms with Gasteiger partial charge in [0.25, 0.3) is 0 Å². The van der Waals surface area contributed by atoms with Gasteiger partial charge in [0.15, 0.2) is 0 Å². The van der Waals surface area contributed by atoms with Crippen molar-refractivity contribution in [2.24, 2.45) is 41.4 Å². The van der Waals surface area contributed by atoms with Crippen molar-refractivity contribution in [3.63, 3.8) is 0 Å². The molecule has 2 N–H and O–H groups in total. The standard InChI is InChI=1S/C24H37NO5/c1-4-17-9-18(5-2)20(19(17)21(26)25-13(3)22(27)28)23(29)30-24-10-14-6-15(11-24)8-16(7-14)12-24/h13-20H,4-12H2,1-3H3,(H,25,26)(H,27,28). The molecule has 4 bridgehead atoms. The zero-order valence-electron chi connectivity index (χ0n) is 18.6. The number of aliphatic carboxylic acids is 1. The quantitative estimate of drug-likeness (QED) is 0.613. The van der Waals surface area contributed by atoms with Crippen LogP contribution in [0.1, 0.15) is 78.6 Å². The molecule has 6 heteroatoms. The minimum absolute atomic E-state index is 0.0878. The van der Waals surface area contributed by atoms with E-state index in [2.05, 4.69) is 12.2 Å². The molecule has 5 saturated carbocycles. The Labute approximate surface area is 179 Å². The fourth-order valence-corrected chi connectivity index (χ4v) is 7.63. The van der Waals surface area contributed by atoms with Crippen LogP contribution in [0.25, 0.3) is 0 Å². The fraction of sp³-hybridized carbons (Fsp3) is 0.875. The topological polar surface area (TPSA) is 92.7 Å². The van der Waals surface area contributed by atoms with E-state index in [4.69, 9.17) is 4.74 Å². The molecule has 5 aliphatic carbocycles. The number of carboxylic acids is 1. The van der Waals surface area contributed by atoms with E-state index in [0.717, 1.165) is 38.5 Å². The summed E-state index contributed by atoms with van der Waals surface area (Å²) in [6, 6.07) is -0.962. The minimum atomic E-state index is -1.06. The molecule has 0 heterocycles. The van der Waals surface area contributed by atoms with E-state index >= 15 is 0 Å². The zero-order chi connectivity index (χ0) is 21.6. The number of amides is 1. The van der Waals surface area contributed by atoms with Gasteiger partial charge in [-0.05, 0) is 81.5 Å². The Hall–Kier alpha value is -1.59. The maximum atomic E-state index is 13.6. The summed E-state index contributed by atoms with van der Waals surface area (Å²) in [4.78, 5) is 37.9. The first kappa shape index (κ1) is 21.6. The van der Waals surface area contributed by atoms with Gasteiger partial charge in [-0.3, -0.25) is 14.4 Å². The van der Waals surface area contributed by atoms with Gasteiger partial charge in [-0.15, -0.1) is 0 Å². The molecule has 0 radical (unpaired) electrons. The zero-order valence-corrected chi connectivity index (χ0v) is 18.6.